The fourth-order valence-corrected chi connectivity index (χ4v) is 4.61. The van der Waals surface area contributed by atoms with Gasteiger partial charge >= 0.3 is 0 Å². The molecule has 0 bridgehead atoms. The number of nitrogens with zero attached hydrogens (tertiary/aromatic N) is 4. The predicted molar refractivity (Wildman–Crippen MR) is 118 cm³/mol. The van der Waals surface area contributed by atoms with Gasteiger partial charge in [0.15, 0.2) is 9.84 Å². The Labute approximate surface area is 176 Å². The van der Waals surface area contributed by atoms with Crippen molar-refractivity contribution < 1.29 is 13.2 Å². The average molecular weight is 427 g/mol. The van der Waals surface area contributed by atoms with Crippen molar-refractivity contribution in [3.63, 3.8) is 0 Å². The van der Waals surface area contributed by atoms with Crippen LogP contribution in [0.3, 0.4) is 0 Å². The number of carbonyl (C=O) groups excluding carboxylic acids is 1. The summed E-state index contributed by atoms with van der Waals surface area (Å²) in [6, 6.07) is 15.8. The summed E-state index contributed by atoms with van der Waals surface area (Å²) >= 11 is 0. The van der Waals surface area contributed by atoms with Crippen LogP contribution >= 0.6 is 0 Å². The van der Waals surface area contributed by atoms with Crippen molar-refractivity contribution >= 4 is 32.5 Å². The first-order valence-electron chi connectivity index (χ1n) is 10.0. The first-order chi connectivity index (χ1) is 14.3. The summed E-state index contributed by atoms with van der Waals surface area (Å²) < 4.78 is 25.5. The Hall–Kier alpha value is -2.87. The van der Waals surface area contributed by atoms with Crippen LogP contribution in [0.15, 0.2) is 48.5 Å². The number of piperazine rings is 1. The molecule has 30 heavy (non-hydrogen) atoms. The van der Waals surface area contributed by atoms with Crippen molar-refractivity contribution in [1.82, 2.24) is 14.5 Å². The molecule has 1 aromatic heterocycles. The maximum atomic E-state index is 13.0. The van der Waals surface area contributed by atoms with Gasteiger partial charge in [-0.1, -0.05) is 24.3 Å². The van der Waals surface area contributed by atoms with Crippen LogP contribution in [-0.4, -0.2) is 61.2 Å². The van der Waals surface area contributed by atoms with E-state index in [4.69, 9.17) is 0 Å². The first-order valence-corrected chi connectivity index (χ1v) is 12.1. The summed E-state index contributed by atoms with van der Waals surface area (Å²) in [5.74, 6) is 0.207. The highest BCUT2D eigenvalue weighted by molar-refractivity contribution is 7.89. The lowest BCUT2D eigenvalue weighted by atomic mass is 10.2. The van der Waals surface area contributed by atoms with Gasteiger partial charge in [-0.15, -0.1) is 0 Å². The zero-order valence-electron chi connectivity index (χ0n) is 17.3. The van der Waals surface area contributed by atoms with Gasteiger partial charge in [-0.25, -0.2) is 13.4 Å². The van der Waals surface area contributed by atoms with Crippen molar-refractivity contribution in [1.29, 1.82) is 0 Å². The number of imidazole rings is 1. The third-order valence-electron chi connectivity index (χ3n) is 5.42. The molecular formula is C22H26N4O3S. The number of rotatable bonds is 5. The van der Waals surface area contributed by atoms with Crippen LogP contribution in [0.25, 0.3) is 11.0 Å². The second kappa shape index (κ2) is 8.10. The van der Waals surface area contributed by atoms with E-state index in [-0.39, 0.29) is 18.2 Å². The minimum absolute atomic E-state index is 0.0169. The Bertz CT molecular complexity index is 1180. The molecule has 1 saturated heterocycles. The lowest BCUT2D eigenvalue weighted by Gasteiger charge is -2.36. The number of amides is 1. The molecule has 8 heteroatoms. The second-order valence-electron chi connectivity index (χ2n) is 7.88. The van der Waals surface area contributed by atoms with E-state index < -0.39 is 9.84 Å². The topological polar surface area (TPSA) is 75.5 Å². The van der Waals surface area contributed by atoms with Gasteiger partial charge in [0, 0.05) is 38.1 Å². The fourth-order valence-electron chi connectivity index (χ4n) is 3.92. The van der Waals surface area contributed by atoms with E-state index in [0.717, 1.165) is 18.6 Å². The molecule has 1 fully saturated rings. The third-order valence-corrected chi connectivity index (χ3v) is 6.20. The van der Waals surface area contributed by atoms with Gasteiger partial charge in [0.05, 0.1) is 11.0 Å². The first kappa shape index (κ1) is 20.4. The Balaban J connectivity index is 1.49. The van der Waals surface area contributed by atoms with E-state index in [1.807, 2.05) is 29.2 Å². The maximum Gasteiger partial charge on any atom is 0.242 e. The molecule has 0 saturated carbocycles. The van der Waals surface area contributed by atoms with E-state index in [9.17, 15) is 13.2 Å². The predicted octanol–water partition coefficient (Wildman–Crippen LogP) is 2.24. The van der Waals surface area contributed by atoms with Crippen molar-refractivity contribution in [3.05, 3.63) is 59.9 Å². The van der Waals surface area contributed by atoms with Crippen LogP contribution in [-0.2, 0) is 26.9 Å². The number of sulfone groups is 1. The number of hydrogen-bond acceptors (Lipinski definition) is 5. The van der Waals surface area contributed by atoms with Gasteiger partial charge in [-0.2, -0.15) is 0 Å². The van der Waals surface area contributed by atoms with Gasteiger partial charge in [-0.3, -0.25) is 4.79 Å². The molecule has 0 N–H and O–H groups in total. The number of para-hydroxylation sites is 2. The standard InChI is InChI=1S/C22H26N4O3S/c1-17-6-5-7-18(14-17)24-10-12-25(13-11-24)22(27)15-26-20-9-4-3-8-19(20)23-21(26)16-30(2,28)29/h3-9,14H,10-13,15-16H2,1-2H3. The summed E-state index contributed by atoms with van der Waals surface area (Å²) in [7, 11) is -3.26. The van der Waals surface area contributed by atoms with Crippen LogP contribution in [0.4, 0.5) is 5.69 Å². The number of anilines is 1. The summed E-state index contributed by atoms with van der Waals surface area (Å²) in [6.45, 7) is 5.00. The SMILES string of the molecule is Cc1cccc(N2CCN(C(=O)Cn3c(CS(C)(=O)=O)nc4ccccc43)CC2)c1. The fraction of sp³-hybridized carbons (Fsp3) is 0.364. The normalized spacial score (nSPS) is 15.0. The van der Waals surface area contributed by atoms with Crippen LogP contribution in [0.1, 0.15) is 11.4 Å². The quantitative estimate of drug-likeness (QED) is 0.625. The van der Waals surface area contributed by atoms with Gasteiger partial charge in [-0.05, 0) is 36.8 Å². The zero-order valence-corrected chi connectivity index (χ0v) is 18.1. The number of carbonyl (C=O) groups is 1. The second-order valence-corrected chi connectivity index (χ2v) is 10.0. The molecule has 0 atom stereocenters. The van der Waals surface area contributed by atoms with Crippen molar-refractivity contribution in [2.75, 3.05) is 37.3 Å². The minimum Gasteiger partial charge on any atom is -0.368 e. The zero-order chi connectivity index (χ0) is 21.3. The molecular weight excluding hydrogens is 400 g/mol. The Morgan fingerprint density at radius 1 is 1.03 bits per heavy atom. The van der Waals surface area contributed by atoms with Gasteiger partial charge in [0.1, 0.15) is 18.1 Å². The van der Waals surface area contributed by atoms with Gasteiger partial charge < -0.3 is 14.4 Å². The Morgan fingerprint density at radius 2 is 1.77 bits per heavy atom. The molecule has 0 unspecified atom stereocenters. The van der Waals surface area contributed by atoms with E-state index in [1.165, 1.54) is 17.5 Å². The lowest BCUT2D eigenvalue weighted by molar-refractivity contribution is -0.132. The molecule has 0 aliphatic carbocycles. The average Bonchev–Trinajstić information content (AvgIpc) is 3.03. The molecule has 7 nitrogen and oxygen atoms in total. The summed E-state index contributed by atoms with van der Waals surface area (Å²) in [5, 5.41) is 0. The van der Waals surface area contributed by atoms with Crippen LogP contribution in [0, 0.1) is 6.92 Å². The minimum atomic E-state index is -3.26. The molecule has 2 aromatic carbocycles. The Kier molecular flexibility index (Phi) is 5.51. The summed E-state index contributed by atoms with van der Waals surface area (Å²) in [5.41, 5.74) is 3.88. The largest absolute Gasteiger partial charge is 0.368 e. The number of benzene rings is 2. The van der Waals surface area contributed by atoms with E-state index >= 15 is 0 Å². The highest BCUT2D eigenvalue weighted by atomic mass is 32.2. The smallest absolute Gasteiger partial charge is 0.242 e. The van der Waals surface area contributed by atoms with Gasteiger partial charge in [0.2, 0.25) is 5.91 Å². The molecule has 3 aromatic rings. The maximum absolute atomic E-state index is 13.0. The number of hydrogen-bond donors (Lipinski definition) is 0. The van der Waals surface area contributed by atoms with E-state index in [0.29, 0.717) is 24.4 Å². The molecule has 158 valence electrons. The molecule has 1 amide bonds. The molecule has 0 spiro atoms. The molecule has 1 aliphatic rings. The van der Waals surface area contributed by atoms with Crippen molar-refractivity contribution in [3.8, 4) is 0 Å². The summed E-state index contributed by atoms with van der Waals surface area (Å²) in [6.07, 6.45) is 1.18. The monoisotopic (exact) mass is 426 g/mol. The molecule has 0 radical (unpaired) electrons. The van der Waals surface area contributed by atoms with Crippen molar-refractivity contribution in [2.24, 2.45) is 0 Å². The van der Waals surface area contributed by atoms with Crippen LogP contribution in [0.2, 0.25) is 0 Å². The molecule has 4 rings (SSSR count). The Morgan fingerprint density at radius 3 is 2.47 bits per heavy atom. The van der Waals surface area contributed by atoms with Gasteiger partial charge in [0.25, 0.3) is 0 Å². The summed E-state index contributed by atoms with van der Waals surface area (Å²) in [4.78, 5) is 21.6. The number of aryl methyl sites for hydroxylation is 1. The molecule has 1 aliphatic heterocycles. The lowest BCUT2D eigenvalue weighted by Crippen LogP contribution is -2.49. The van der Waals surface area contributed by atoms with Crippen molar-refractivity contribution in [2.45, 2.75) is 19.2 Å². The number of fused-ring (bicyclic) bond motifs is 1. The van der Waals surface area contributed by atoms with Crippen LogP contribution in [0.5, 0.6) is 0 Å². The molecule has 2 heterocycles. The highest BCUT2D eigenvalue weighted by Crippen LogP contribution is 2.20. The van der Waals surface area contributed by atoms with Crippen LogP contribution < -0.4 is 4.90 Å². The number of aromatic nitrogens is 2. The van der Waals surface area contributed by atoms with E-state index in [1.54, 1.807) is 4.57 Å². The highest BCUT2D eigenvalue weighted by Gasteiger charge is 2.24. The third kappa shape index (κ3) is 4.48. The van der Waals surface area contributed by atoms with E-state index in [2.05, 4.69) is 41.1 Å².